The minimum Gasteiger partial charge on any atom is -0.497 e. The van der Waals surface area contributed by atoms with Gasteiger partial charge in [-0.1, -0.05) is 18.2 Å². The molecule has 2 aromatic rings. The van der Waals surface area contributed by atoms with E-state index in [-0.39, 0.29) is 10.8 Å². The molecule has 178 valence electrons. The van der Waals surface area contributed by atoms with Crippen LogP contribution in [0.3, 0.4) is 0 Å². The van der Waals surface area contributed by atoms with E-state index in [2.05, 4.69) is 4.90 Å². The van der Waals surface area contributed by atoms with E-state index in [1.807, 2.05) is 24.3 Å². The molecule has 1 amide bonds. The number of para-hydroxylation sites is 2. The first-order chi connectivity index (χ1) is 15.9. The van der Waals surface area contributed by atoms with Gasteiger partial charge in [-0.2, -0.15) is 4.31 Å². The number of rotatable bonds is 6. The number of sulfonamides is 1. The lowest BCUT2D eigenvalue weighted by atomic mass is 10.1. The van der Waals surface area contributed by atoms with Crippen LogP contribution in [0.4, 0.5) is 5.69 Å². The molecule has 2 aliphatic rings. The predicted molar refractivity (Wildman–Crippen MR) is 126 cm³/mol. The molecule has 0 bridgehead atoms. The Morgan fingerprint density at radius 2 is 1.70 bits per heavy atom. The maximum Gasteiger partial charge on any atom is 0.244 e. The molecule has 0 radical (unpaired) electrons. The fraction of sp³-hybridized carbons (Fsp3) is 0.458. The Kier molecular flexibility index (Phi) is 6.81. The Labute approximate surface area is 195 Å². The Morgan fingerprint density at radius 1 is 0.970 bits per heavy atom. The number of carbonyl (C=O) groups excluding carboxylic acids is 1. The third-order valence-electron chi connectivity index (χ3n) is 6.49. The summed E-state index contributed by atoms with van der Waals surface area (Å²) in [5.41, 5.74) is 1.64. The summed E-state index contributed by atoms with van der Waals surface area (Å²) in [7, 11) is -0.660. The van der Waals surface area contributed by atoms with Gasteiger partial charge in [-0.05, 0) is 43.5 Å². The molecule has 4 rings (SSSR count). The number of hydrogen-bond donors (Lipinski definition) is 0. The number of piperazine rings is 1. The van der Waals surface area contributed by atoms with Crippen molar-refractivity contribution in [2.45, 2.75) is 30.7 Å². The summed E-state index contributed by atoms with van der Waals surface area (Å²) in [5, 5.41) is 0. The van der Waals surface area contributed by atoms with Gasteiger partial charge in [0.1, 0.15) is 17.5 Å². The molecule has 8 nitrogen and oxygen atoms in total. The fourth-order valence-electron chi connectivity index (χ4n) is 4.66. The third-order valence-corrected chi connectivity index (χ3v) is 8.54. The molecule has 33 heavy (non-hydrogen) atoms. The van der Waals surface area contributed by atoms with E-state index < -0.39 is 16.1 Å². The van der Waals surface area contributed by atoms with Crippen molar-refractivity contribution in [2.24, 2.45) is 0 Å². The summed E-state index contributed by atoms with van der Waals surface area (Å²) >= 11 is 0. The highest BCUT2D eigenvalue weighted by Crippen LogP contribution is 2.32. The molecular weight excluding hydrogens is 442 g/mol. The minimum atomic E-state index is -3.82. The molecule has 0 aromatic heterocycles. The topological polar surface area (TPSA) is 79.4 Å². The zero-order valence-electron chi connectivity index (χ0n) is 19.4. The van der Waals surface area contributed by atoms with Crippen LogP contribution in [0.15, 0.2) is 47.4 Å². The van der Waals surface area contributed by atoms with Crippen LogP contribution in [-0.4, -0.2) is 76.5 Å². The number of nitrogens with zero attached hydrogens (tertiary/aromatic N) is 3. The third kappa shape index (κ3) is 4.52. The van der Waals surface area contributed by atoms with Gasteiger partial charge in [0, 0.05) is 38.8 Å². The van der Waals surface area contributed by atoms with Crippen molar-refractivity contribution in [3.8, 4) is 11.5 Å². The zero-order valence-corrected chi connectivity index (χ0v) is 20.2. The molecule has 0 unspecified atom stereocenters. The largest absolute Gasteiger partial charge is 0.497 e. The number of amides is 1. The van der Waals surface area contributed by atoms with Crippen LogP contribution in [0.1, 0.15) is 18.4 Å². The maximum absolute atomic E-state index is 13.5. The molecule has 2 saturated heterocycles. The molecule has 2 aromatic carbocycles. The average molecular weight is 474 g/mol. The second kappa shape index (κ2) is 9.61. The van der Waals surface area contributed by atoms with Crippen LogP contribution in [0.5, 0.6) is 11.5 Å². The normalized spacial score (nSPS) is 19.5. The van der Waals surface area contributed by atoms with Crippen molar-refractivity contribution < 1.29 is 22.7 Å². The van der Waals surface area contributed by atoms with Gasteiger partial charge in [-0.25, -0.2) is 8.42 Å². The van der Waals surface area contributed by atoms with E-state index in [0.29, 0.717) is 56.9 Å². The lowest BCUT2D eigenvalue weighted by Crippen LogP contribution is -2.54. The number of methoxy groups -OCH3 is 2. The SMILES string of the molecule is COc1ccc(C)c(S(=O)(=O)N2CCC[C@H]2C(=O)N2CCN(c3ccccc3OC)CC2)c1. The smallest absolute Gasteiger partial charge is 0.244 e. The van der Waals surface area contributed by atoms with E-state index in [1.54, 1.807) is 31.1 Å². The quantitative estimate of drug-likeness (QED) is 0.642. The van der Waals surface area contributed by atoms with E-state index in [4.69, 9.17) is 9.47 Å². The standard InChI is InChI=1S/C24H31N3O5S/c1-18-10-11-19(31-2)17-23(18)33(29,30)27-12-6-8-21(27)24(28)26-15-13-25(14-16-26)20-7-4-5-9-22(20)32-3/h4-5,7,9-11,17,21H,6,8,12-16H2,1-3H3/t21-/m0/s1. The first kappa shape index (κ1) is 23.4. The van der Waals surface area contributed by atoms with Gasteiger partial charge in [0.2, 0.25) is 15.9 Å². The molecule has 0 aliphatic carbocycles. The van der Waals surface area contributed by atoms with E-state index in [1.165, 1.54) is 17.5 Å². The Bertz CT molecular complexity index is 1110. The summed E-state index contributed by atoms with van der Waals surface area (Å²) < 4.78 is 39.1. The molecular formula is C24H31N3O5S. The van der Waals surface area contributed by atoms with Crippen LogP contribution in [0.25, 0.3) is 0 Å². The molecule has 2 heterocycles. The van der Waals surface area contributed by atoms with Crippen LogP contribution >= 0.6 is 0 Å². The van der Waals surface area contributed by atoms with E-state index in [0.717, 1.165) is 11.4 Å². The van der Waals surface area contributed by atoms with Crippen molar-refractivity contribution in [1.29, 1.82) is 0 Å². The van der Waals surface area contributed by atoms with Crippen LogP contribution in [0, 0.1) is 6.92 Å². The van der Waals surface area contributed by atoms with Gasteiger partial charge in [-0.3, -0.25) is 4.79 Å². The van der Waals surface area contributed by atoms with E-state index >= 15 is 0 Å². The van der Waals surface area contributed by atoms with Crippen LogP contribution < -0.4 is 14.4 Å². The van der Waals surface area contributed by atoms with Crippen LogP contribution in [0.2, 0.25) is 0 Å². The van der Waals surface area contributed by atoms with Crippen LogP contribution in [-0.2, 0) is 14.8 Å². The first-order valence-electron chi connectivity index (χ1n) is 11.2. The second-order valence-electron chi connectivity index (χ2n) is 8.39. The average Bonchev–Trinajstić information content (AvgIpc) is 3.35. The monoisotopic (exact) mass is 473 g/mol. The summed E-state index contributed by atoms with van der Waals surface area (Å²) in [5.74, 6) is 1.17. The number of anilines is 1. The van der Waals surface area contributed by atoms with Gasteiger partial charge < -0.3 is 19.3 Å². The molecule has 0 saturated carbocycles. The van der Waals surface area contributed by atoms with Gasteiger partial charge in [0.15, 0.2) is 0 Å². The van der Waals surface area contributed by atoms with Gasteiger partial charge in [0.05, 0.1) is 24.8 Å². The number of ether oxygens (including phenoxy) is 2. The van der Waals surface area contributed by atoms with E-state index in [9.17, 15) is 13.2 Å². The molecule has 0 spiro atoms. The number of hydrogen-bond acceptors (Lipinski definition) is 6. The second-order valence-corrected chi connectivity index (χ2v) is 10.2. The summed E-state index contributed by atoms with van der Waals surface area (Å²) in [6.45, 7) is 4.52. The number of benzene rings is 2. The Balaban J connectivity index is 1.49. The number of aryl methyl sites for hydroxylation is 1. The Morgan fingerprint density at radius 3 is 2.39 bits per heavy atom. The number of carbonyl (C=O) groups is 1. The van der Waals surface area contributed by atoms with Crippen molar-refractivity contribution in [3.63, 3.8) is 0 Å². The maximum atomic E-state index is 13.5. The summed E-state index contributed by atoms with van der Waals surface area (Å²) in [4.78, 5) is 17.6. The predicted octanol–water partition coefficient (Wildman–Crippen LogP) is 2.51. The zero-order chi connectivity index (χ0) is 23.6. The van der Waals surface area contributed by atoms with Crippen molar-refractivity contribution in [1.82, 2.24) is 9.21 Å². The molecule has 9 heteroatoms. The summed E-state index contributed by atoms with van der Waals surface area (Å²) in [6.07, 6.45) is 1.20. The lowest BCUT2D eigenvalue weighted by Gasteiger charge is -2.38. The lowest BCUT2D eigenvalue weighted by molar-refractivity contribution is -0.134. The molecule has 1 atom stereocenters. The minimum absolute atomic E-state index is 0.115. The van der Waals surface area contributed by atoms with Gasteiger partial charge in [-0.15, -0.1) is 0 Å². The highest BCUT2D eigenvalue weighted by atomic mass is 32.2. The highest BCUT2D eigenvalue weighted by molar-refractivity contribution is 7.89. The molecule has 0 N–H and O–H groups in total. The first-order valence-corrected chi connectivity index (χ1v) is 12.6. The van der Waals surface area contributed by atoms with Gasteiger partial charge >= 0.3 is 0 Å². The van der Waals surface area contributed by atoms with Crippen molar-refractivity contribution >= 4 is 21.6 Å². The Hall–Kier alpha value is -2.78. The van der Waals surface area contributed by atoms with Crippen molar-refractivity contribution in [3.05, 3.63) is 48.0 Å². The molecule has 2 fully saturated rings. The summed E-state index contributed by atoms with van der Waals surface area (Å²) in [6, 6.07) is 12.2. The highest BCUT2D eigenvalue weighted by Gasteiger charge is 2.42. The van der Waals surface area contributed by atoms with Gasteiger partial charge in [0.25, 0.3) is 0 Å². The fourth-order valence-corrected chi connectivity index (χ4v) is 6.55. The van der Waals surface area contributed by atoms with Crippen molar-refractivity contribution in [2.75, 3.05) is 51.8 Å². The molecule has 2 aliphatic heterocycles.